The Kier molecular flexibility index (Phi) is 4.71. The fourth-order valence-corrected chi connectivity index (χ4v) is 3.75. The zero-order valence-electron chi connectivity index (χ0n) is 14.0. The molecule has 0 aromatic heterocycles. The van der Waals surface area contributed by atoms with Gasteiger partial charge in [0.15, 0.2) is 0 Å². The summed E-state index contributed by atoms with van der Waals surface area (Å²) in [6.07, 6.45) is 2.61. The first-order chi connectivity index (χ1) is 10.6. The van der Waals surface area contributed by atoms with Crippen LogP contribution in [0.4, 0.5) is 0 Å². The summed E-state index contributed by atoms with van der Waals surface area (Å²) in [6.45, 7) is 7.56. The molecule has 1 aromatic carbocycles. The van der Waals surface area contributed by atoms with Crippen LogP contribution in [0.2, 0.25) is 0 Å². The second kappa shape index (κ2) is 6.57. The van der Waals surface area contributed by atoms with Gasteiger partial charge in [-0.3, -0.25) is 4.90 Å². The van der Waals surface area contributed by atoms with Gasteiger partial charge in [0.1, 0.15) is 5.75 Å². The number of methoxy groups -OCH3 is 1. The molecule has 0 bridgehead atoms. The van der Waals surface area contributed by atoms with Gasteiger partial charge in [-0.15, -0.1) is 0 Å². The molecule has 0 amide bonds. The van der Waals surface area contributed by atoms with Crippen molar-refractivity contribution in [3.05, 3.63) is 29.8 Å². The van der Waals surface area contributed by atoms with E-state index in [0.717, 1.165) is 51.3 Å². The van der Waals surface area contributed by atoms with Gasteiger partial charge in [0, 0.05) is 32.7 Å². The Hall–Kier alpha value is -1.10. The largest absolute Gasteiger partial charge is 0.497 e. The van der Waals surface area contributed by atoms with Gasteiger partial charge in [-0.2, -0.15) is 0 Å². The Morgan fingerprint density at radius 2 is 1.91 bits per heavy atom. The van der Waals surface area contributed by atoms with Gasteiger partial charge >= 0.3 is 0 Å². The molecule has 2 aliphatic rings. The van der Waals surface area contributed by atoms with E-state index in [0.29, 0.717) is 6.10 Å². The summed E-state index contributed by atoms with van der Waals surface area (Å²) < 4.78 is 11.6. The van der Waals surface area contributed by atoms with Gasteiger partial charge in [-0.25, -0.2) is 0 Å². The number of rotatable bonds is 3. The van der Waals surface area contributed by atoms with Crippen molar-refractivity contribution < 1.29 is 9.47 Å². The van der Waals surface area contributed by atoms with Crippen molar-refractivity contribution in [1.29, 1.82) is 0 Å². The maximum atomic E-state index is 6.38. The molecule has 1 spiro atoms. The van der Waals surface area contributed by atoms with Crippen LogP contribution in [0.15, 0.2) is 24.3 Å². The van der Waals surface area contributed by atoms with Gasteiger partial charge in [-0.1, -0.05) is 12.1 Å². The van der Waals surface area contributed by atoms with E-state index in [1.165, 1.54) is 5.56 Å². The minimum absolute atomic E-state index is 0.0661. The lowest BCUT2D eigenvalue weighted by atomic mass is 9.88. The molecule has 2 fully saturated rings. The summed E-state index contributed by atoms with van der Waals surface area (Å²) >= 11 is 0. The molecule has 0 unspecified atom stereocenters. The van der Waals surface area contributed by atoms with Crippen LogP contribution in [0.5, 0.6) is 5.75 Å². The van der Waals surface area contributed by atoms with E-state index in [-0.39, 0.29) is 5.60 Å². The van der Waals surface area contributed by atoms with Gasteiger partial charge in [-0.05, 0) is 44.5 Å². The molecule has 2 aliphatic heterocycles. The number of hydrogen-bond acceptors (Lipinski definition) is 4. The highest BCUT2D eigenvalue weighted by atomic mass is 16.5. The molecule has 1 atom stereocenters. The van der Waals surface area contributed by atoms with Gasteiger partial charge < -0.3 is 14.4 Å². The van der Waals surface area contributed by atoms with E-state index < -0.39 is 0 Å². The molecular weight excluding hydrogens is 276 g/mol. The third-order valence-electron chi connectivity index (χ3n) is 4.94. The van der Waals surface area contributed by atoms with E-state index >= 15 is 0 Å². The van der Waals surface area contributed by atoms with Crippen LogP contribution in [0.3, 0.4) is 0 Å². The Balaban J connectivity index is 1.65. The second-order valence-corrected chi connectivity index (χ2v) is 6.93. The molecule has 2 saturated heterocycles. The Morgan fingerprint density at radius 3 is 2.55 bits per heavy atom. The predicted octanol–water partition coefficient (Wildman–Crippen LogP) is 2.38. The molecule has 0 N–H and O–H groups in total. The summed E-state index contributed by atoms with van der Waals surface area (Å²) in [6, 6.07) is 8.43. The van der Waals surface area contributed by atoms with E-state index in [1.54, 1.807) is 7.11 Å². The minimum atomic E-state index is 0.0661. The second-order valence-electron chi connectivity index (χ2n) is 6.93. The van der Waals surface area contributed by atoms with Crippen LogP contribution >= 0.6 is 0 Å². The summed E-state index contributed by atoms with van der Waals surface area (Å²) in [5.41, 5.74) is 1.41. The average molecular weight is 304 g/mol. The number of morpholine rings is 1. The number of hydrogen-bond donors (Lipinski definition) is 0. The van der Waals surface area contributed by atoms with Crippen molar-refractivity contribution in [2.75, 3.05) is 40.3 Å². The lowest BCUT2D eigenvalue weighted by molar-refractivity contribution is -0.170. The van der Waals surface area contributed by atoms with Gasteiger partial charge in [0.2, 0.25) is 0 Å². The molecule has 2 heterocycles. The normalized spacial score (nSPS) is 26.2. The van der Waals surface area contributed by atoms with Crippen molar-refractivity contribution >= 4 is 0 Å². The molecule has 1 aromatic rings. The SMILES string of the molecule is COc1ccc(CN2C[C@@H](C)OC3(CCN(C)CC3)C2)cc1. The van der Waals surface area contributed by atoms with Crippen LogP contribution in [-0.2, 0) is 11.3 Å². The van der Waals surface area contributed by atoms with E-state index in [1.807, 2.05) is 12.1 Å². The fourth-order valence-electron chi connectivity index (χ4n) is 3.75. The summed E-state index contributed by atoms with van der Waals surface area (Å²) in [7, 11) is 3.91. The molecule has 4 heteroatoms. The minimum Gasteiger partial charge on any atom is -0.497 e. The lowest BCUT2D eigenvalue weighted by Crippen LogP contribution is -2.58. The maximum absolute atomic E-state index is 6.38. The molecule has 122 valence electrons. The predicted molar refractivity (Wildman–Crippen MR) is 88.3 cm³/mol. The number of ether oxygens (including phenoxy) is 2. The topological polar surface area (TPSA) is 24.9 Å². The highest BCUT2D eigenvalue weighted by Gasteiger charge is 2.41. The zero-order chi connectivity index (χ0) is 15.6. The molecule has 0 radical (unpaired) electrons. The number of likely N-dealkylation sites (tertiary alicyclic amines) is 1. The average Bonchev–Trinajstić information content (AvgIpc) is 2.51. The molecule has 4 nitrogen and oxygen atoms in total. The van der Waals surface area contributed by atoms with Crippen LogP contribution in [0.25, 0.3) is 0 Å². The van der Waals surface area contributed by atoms with Gasteiger partial charge in [0.25, 0.3) is 0 Å². The highest BCUT2D eigenvalue weighted by molar-refractivity contribution is 5.27. The maximum Gasteiger partial charge on any atom is 0.118 e. The number of benzene rings is 1. The summed E-state index contributed by atoms with van der Waals surface area (Å²) in [5, 5.41) is 0. The smallest absolute Gasteiger partial charge is 0.118 e. The van der Waals surface area contributed by atoms with Crippen molar-refractivity contribution in [2.45, 2.75) is 38.0 Å². The summed E-state index contributed by atoms with van der Waals surface area (Å²) in [5.74, 6) is 0.922. The number of piperidine rings is 1. The molecule has 0 saturated carbocycles. The van der Waals surface area contributed by atoms with Gasteiger partial charge in [0.05, 0.1) is 18.8 Å². The zero-order valence-corrected chi connectivity index (χ0v) is 14.0. The van der Waals surface area contributed by atoms with Crippen LogP contribution in [0.1, 0.15) is 25.3 Å². The van der Waals surface area contributed by atoms with Crippen molar-refractivity contribution in [3.63, 3.8) is 0 Å². The quantitative estimate of drug-likeness (QED) is 0.856. The molecule has 22 heavy (non-hydrogen) atoms. The Bertz CT molecular complexity index is 480. The monoisotopic (exact) mass is 304 g/mol. The Labute approximate surface area is 134 Å². The first-order valence-electron chi connectivity index (χ1n) is 8.30. The van der Waals surface area contributed by atoms with Crippen molar-refractivity contribution in [2.24, 2.45) is 0 Å². The van der Waals surface area contributed by atoms with E-state index in [2.05, 4.69) is 35.9 Å². The molecule has 0 aliphatic carbocycles. The Morgan fingerprint density at radius 1 is 1.23 bits per heavy atom. The fraction of sp³-hybridized carbons (Fsp3) is 0.667. The van der Waals surface area contributed by atoms with Crippen molar-refractivity contribution in [1.82, 2.24) is 9.80 Å². The molecular formula is C18H28N2O2. The molecule has 3 rings (SSSR count). The lowest BCUT2D eigenvalue weighted by Gasteiger charge is -2.49. The van der Waals surface area contributed by atoms with Crippen LogP contribution in [0, 0.1) is 0 Å². The van der Waals surface area contributed by atoms with E-state index in [9.17, 15) is 0 Å². The first kappa shape index (κ1) is 15.8. The standard InChI is InChI=1S/C18H28N2O2/c1-15-12-20(13-16-4-6-17(21-3)7-5-16)14-18(22-15)8-10-19(2)11-9-18/h4-7,15H,8-14H2,1-3H3/t15-/m1/s1. The van der Waals surface area contributed by atoms with Crippen LogP contribution < -0.4 is 4.74 Å². The first-order valence-corrected chi connectivity index (χ1v) is 8.30. The van der Waals surface area contributed by atoms with Crippen molar-refractivity contribution in [3.8, 4) is 5.75 Å². The third kappa shape index (κ3) is 3.62. The summed E-state index contributed by atoms with van der Waals surface area (Å²) in [4.78, 5) is 4.96. The number of nitrogens with zero attached hydrogens (tertiary/aromatic N) is 2. The van der Waals surface area contributed by atoms with E-state index in [4.69, 9.17) is 9.47 Å². The van der Waals surface area contributed by atoms with Crippen LogP contribution in [-0.4, -0.2) is 61.8 Å². The highest BCUT2D eigenvalue weighted by Crippen LogP contribution is 2.32. The third-order valence-corrected chi connectivity index (χ3v) is 4.94.